The van der Waals surface area contributed by atoms with E-state index >= 15 is 0 Å². The van der Waals surface area contributed by atoms with E-state index in [2.05, 4.69) is 41.7 Å². The van der Waals surface area contributed by atoms with Gasteiger partial charge in [-0.15, -0.1) is 0 Å². The van der Waals surface area contributed by atoms with Crippen LogP contribution in [0.4, 0.5) is 15.9 Å². The average Bonchev–Trinajstić information content (AvgIpc) is 3.10. The number of halogens is 1. The second kappa shape index (κ2) is 8.77. The third-order valence-corrected chi connectivity index (χ3v) is 4.73. The van der Waals surface area contributed by atoms with Crippen molar-refractivity contribution in [1.29, 1.82) is 0 Å². The second-order valence-corrected chi connectivity index (χ2v) is 6.91. The van der Waals surface area contributed by atoms with Crippen molar-refractivity contribution in [2.75, 3.05) is 10.6 Å². The van der Waals surface area contributed by atoms with E-state index in [4.69, 9.17) is 12.2 Å². The van der Waals surface area contributed by atoms with Gasteiger partial charge in [0.05, 0.1) is 6.54 Å². The molecule has 1 atom stereocenters. The maximum Gasteiger partial charge on any atom is 0.176 e. The van der Waals surface area contributed by atoms with Crippen molar-refractivity contribution in [3.8, 4) is 0 Å². The van der Waals surface area contributed by atoms with Gasteiger partial charge in [0.2, 0.25) is 0 Å². The number of hydrogen-bond acceptors (Lipinski definition) is 2. The Morgan fingerprint density at radius 3 is 2.56 bits per heavy atom. The van der Waals surface area contributed by atoms with Crippen molar-refractivity contribution in [2.24, 2.45) is 0 Å². The Hall–Kier alpha value is -2.73. The van der Waals surface area contributed by atoms with E-state index in [1.54, 1.807) is 29.1 Å². The Morgan fingerprint density at radius 2 is 1.85 bits per heavy atom. The lowest BCUT2D eigenvalue weighted by molar-refractivity contribution is 0.586. The normalized spacial score (nSPS) is 11.8. The molecule has 1 heterocycles. The zero-order chi connectivity index (χ0) is 19.2. The molecule has 2 aromatic carbocycles. The average molecular weight is 383 g/mol. The van der Waals surface area contributed by atoms with Crippen molar-refractivity contribution in [2.45, 2.75) is 32.7 Å². The molecular formula is C21H23FN4S. The molecular weight excluding hydrogens is 359 g/mol. The van der Waals surface area contributed by atoms with Gasteiger partial charge in [0.15, 0.2) is 10.9 Å². The van der Waals surface area contributed by atoms with Crippen LogP contribution in [0.25, 0.3) is 0 Å². The molecule has 1 unspecified atom stereocenters. The molecule has 0 aliphatic rings. The highest BCUT2D eigenvalue weighted by atomic mass is 32.1. The minimum atomic E-state index is -0.236. The van der Waals surface area contributed by atoms with Gasteiger partial charge in [0.25, 0.3) is 0 Å². The molecule has 0 amide bonds. The van der Waals surface area contributed by atoms with Gasteiger partial charge in [-0.25, -0.2) is 4.39 Å². The third-order valence-electron chi connectivity index (χ3n) is 4.52. The number of aromatic nitrogens is 2. The van der Waals surface area contributed by atoms with Gasteiger partial charge in [0.1, 0.15) is 5.82 Å². The Balaban J connectivity index is 1.57. The number of hydrogen-bond donors (Lipinski definition) is 2. The first-order valence-corrected chi connectivity index (χ1v) is 9.41. The monoisotopic (exact) mass is 382 g/mol. The molecule has 3 aromatic rings. The number of rotatable bonds is 6. The smallest absolute Gasteiger partial charge is 0.176 e. The molecule has 27 heavy (non-hydrogen) atoms. The maximum atomic E-state index is 13.7. The second-order valence-electron chi connectivity index (χ2n) is 6.50. The number of benzene rings is 2. The van der Waals surface area contributed by atoms with Crippen LogP contribution in [0.5, 0.6) is 0 Å². The van der Waals surface area contributed by atoms with Crippen LogP contribution in [-0.2, 0) is 6.54 Å². The standard InChI is InChI=1S/C21H23FN4S/c1-3-15(2)16-8-10-18(11-9-16)23-21(27)24-20-12-13-26(25-20)14-17-6-4-5-7-19(17)22/h4-13,15H,3,14H2,1-2H3,(H2,23,24,25,27). The SMILES string of the molecule is CCC(C)c1ccc(NC(=S)Nc2ccn(Cc3ccccc3F)n2)cc1. The lowest BCUT2D eigenvalue weighted by Gasteiger charge is -2.12. The molecule has 0 aliphatic carbocycles. The summed E-state index contributed by atoms with van der Waals surface area (Å²) >= 11 is 5.35. The highest BCUT2D eigenvalue weighted by Crippen LogP contribution is 2.20. The predicted octanol–water partition coefficient (Wildman–Crippen LogP) is 5.39. The van der Waals surface area contributed by atoms with Gasteiger partial charge in [-0.2, -0.15) is 5.10 Å². The molecule has 1 aromatic heterocycles. The van der Waals surface area contributed by atoms with E-state index in [9.17, 15) is 4.39 Å². The summed E-state index contributed by atoms with van der Waals surface area (Å²) in [7, 11) is 0. The fourth-order valence-electron chi connectivity index (χ4n) is 2.73. The molecule has 3 rings (SSSR count). The van der Waals surface area contributed by atoms with Crippen molar-refractivity contribution in [3.05, 3.63) is 77.7 Å². The lowest BCUT2D eigenvalue weighted by Crippen LogP contribution is -2.19. The van der Waals surface area contributed by atoms with Crippen LogP contribution in [0.1, 0.15) is 37.3 Å². The van der Waals surface area contributed by atoms with Crippen LogP contribution in [0.3, 0.4) is 0 Å². The van der Waals surface area contributed by atoms with Gasteiger partial charge >= 0.3 is 0 Å². The van der Waals surface area contributed by atoms with Gasteiger partial charge in [-0.3, -0.25) is 4.68 Å². The number of anilines is 2. The fourth-order valence-corrected chi connectivity index (χ4v) is 2.95. The summed E-state index contributed by atoms with van der Waals surface area (Å²) in [5.41, 5.74) is 2.83. The first kappa shape index (κ1) is 19.0. The zero-order valence-corrected chi connectivity index (χ0v) is 16.3. The summed E-state index contributed by atoms with van der Waals surface area (Å²) in [6.07, 6.45) is 2.90. The third kappa shape index (κ3) is 5.14. The summed E-state index contributed by atoms with van der Waals surface area (Å²) in [6.45, 7) is 4.76. The van der Waals surface area contributed by atoms with Gasteiger partial charge in [-0.05, 0) is 48.3 Å². The van der Waals surface area contributed by atoms with Crippen molar-refractivity contribution >= 4 is 28.8 Å². The van der Waals surface area contributed by atoms with Gasteiger partial charge in [-0.1, -0.05) is 44.2 Å². The van der Waals surface area contributed by atoms with Crippen molar-refractivity contribution in [1.82, 2.24) is 9.78 Å². The molecule has 0 saturated carbocycles. The van der Waals surface area contributed by atoms with E-state index in [0.29, 0.717) is 29.0 Å². The lowest BCUT2D eigenvalue weighted by atomic mass is 9.99. The quantitative estimate of drug-likeness (QED) is 0.561. The van der Waals surface area contributed by atoms with E-state index < -0.39 is 0 Å². The summed E-state index contributed by atoms with van der Waals surface area (Å²) in [5.74, 6) is 0.920. The Labute approximate surface area is 164 Å². The van der Waals surface area contributed by atoms with E-state index in [0.717, 1.165) is 12.1 Å². The first-order chi connectivity index (χ1) is 13.0. The molecule has 6 heteroatoms. The fraction of sp³-hybridized carbons (Fsp3) is 0.238. The summed E-state index contributed by atoms with van der Waals surface area (Å²) in [6, 6.07) is 16.8. The summed E-state index contributed by atoms with van der Waals surface area (Å²) in [4.78, 5) is 0. The minimum absolute atomic E-state index is 0.236. The first-order valence-electron chi connectivity index (χ1n) is 9.00. The summed E-state index contributed by atoms with van der Waals surface area (Å²) < 4.78 is 15.4. The number of nitrogens with one attached hydrogen (secondary N) is 2. The maximum absolute atomic E-state index is 13.7. The van der Waals surface area contributed by atoms with Crippen LogP contribution in [0, 0.1) is 5.82 Å². The van der Waals surface area contributed by atoms with Gasteiger partial charge < -0.3 is 10.6 Å². The molecule has 0 aliphatic heterocycles. The molecule has 0 fully saturated rings. The van der Waals surface area contributed by atoms with Crippen LogP contribution in [-0.4, -0.2) is 14.9 Å². The van der Waals surface area contributed by atoms with Gasteiger partial charge in [0, 0.05) is 23.5 Å². The highest BCUT2D eigenvalue weighted by Gasteiger charge is 2.06. The van der Waals surface area contributed by atoms with E-state index in [1.165, 1.54) is 11.6 Å². The Kier molecular flexibility index (Phi) is 6.19. The number of thiocarbonyl (C=S) groups is 1. The molecule has 0 bridgehead atoms. The van der Waals surface area contributed by atoms with Crippen LogP contribution in [0.15, 0.2) is 60.8 Å². The molecule has 0 spiro atoms. The topological polar surface area (TPSA) is 41.9 Å². The predicted molar refractivity (Wildman–Crippen MR) is 113 cm³/mol. The minimum Gasteiger partial charge on any atom is -0.332 e. The number of nitrogens with zero attached hydrogens (tertiary/aromatic N) is 2. The molecule has 2 N–H and O–H groups in total. The van der Waals surface area contributed by atoms with Crippen LogP contribution >= 0.6 is 12.2 Å². The highest BCUT2D eigenvalue weighted by molar-refractivity contribution is 7.80. The van der Waals surface area contributed by atoms with Crippen molar-refractivity contribution < 1.29 is 4.39 Å². The Bertz CT molecular complexity index is 905. The van der Waals surface area contributed by atoms with Crippen LogP contribution in [0.2, 0.25) is 0 Å². The van der Waals surface area contributed by atoms with Crippen molar-refractivity contribution in [3.63, 3.8) is 0 Å². The Morgan fingerprint density at radius 1 is 1.11 bits per heavy atom. The van der Waals surface area contributed by atoms with E-state index in [-0.39, 0.29) is 5.82 Å². The van der Waals surface area contributed by atoms with E-state index in [1.807, 2.05) is 18.2 Å². The molecule has 140 valence electrons. The van der Waals surface area contributed by atoms with Crippen LogP contribution < -0.4 is 10.6 Å². The summed E-state index contributed by atoms with van der Waals surface area (Å²) in [5, 5.41) is 11.1. The molecule has 0 radical (unpaired) electrons. The largest absolute Gasteiger partial charge is 0.332 e. The molecule has 4 nitrogen and oxygen atoms in total. The zero-order valence-electron chi connectivity index (χ0n) is 15.4. The molecule has 0 saturated heterocycles.